The number of nitrogens with one attached hydrogen (secondary N) is 1. The van der Waals surface area contributed by atoms with Crippen LogP contribution in [0.3, 0.4) is 0 Å². The number of hydrogen-bond acceptors (Lipinski definition) is 4. The van der Waals surface area contributed by atoms with E-state index in [0.717, 1.165) is 47.3 Å². The van der Waals surface area contributed by atoms with Crippen molar-refractivity contribution in [2.24, 2.45) is 0 Å². The topological polar surface area (TPSA) is 82.1 Å². The average molecular weight is 390 g/mol. The van der Waals surface area contributed by atoms with Crippen LogP contribution in [0, 0.1) is 0 Å². The van der Waals surface area contributed by atoms with Gasteiger partial charge in [0.05, 0.1) is 11.0 Å². The van der Waals surface area contributed by atoms with Gasteiger partial charge in [0.2, 0.25) is 5.91 Å². The summed E-state index contributed by atoms with van der Waals surface area (Å²) in [5, 5.41) is 2.88. The van der Waals surface area contributed by atoms with Crippen LogP contribution < -0.4 is 11.0 Å². The third-order valence-electron chi connectivity index (χ3n) is 5.29. The second kappa shape index (κ2) is 6.92. The first kappa shape index (κ1) is 17.7. The molecule has 148 valence electrons. The molecule has 2 heterocycles. The van der Waals surface area contributed by atoms with Gasteiger partial charge in [-0.15, -0.1) is 0 Å². The summed E-state index contributed by atoms with van der Waals surface area (Å²) >= 11 is 0. The summed E-state index contributed by atoms with van der Waals surface area (Å²) in [5.41, 5.74) is 3.56. The Hall–Kier alpha value is -3.35. The van der Waals surface area contributed by atoms with Crippen molar-refractivity contribution < 1.29 is 9.21 Å². The molecule has 4 aromatic rings. The Morgan fingerprint density at radius 3 is 2.66 bits per heavy atom. The second-order valence-corrected chi connectivity index (χ2v) is 7.57. The number of rotatable bonds is 6. The number of anilines is 1. The molecule has 0 unspecified atom stereocenters. The van der Waals surface area contributed by atoms with Gasteiger partial charge in [-0.25, -0.2) is 9.78 Å². The summed E-state index contributed by atoms with van der Waals surface area (Å²) in [6, 6.07) is 13.0. The number of carbonyl (C=O) groups excluding carboxylic acids is 1. The Labute approximate surface area is 167 Å². The van der Waals surface area contributed by atoms with E-state index >= 15 is 0 Å². The van der Waals surface area contributed by atoms with Crippen molar-refractivity contribution in [2.75, 3.05) is 5.32 Å². The maximum Gasteiger partial charge on any atom is 0.329 e. The lowest BCUT2D eigenvalue weighted by Crippen LogP contribution is -2.29. The first-order valence-electron chi connectivity index (χ1n) is 10.0. The molecule has 0 atom stereocenters. The molecule has 1 aliphatic carbocycles. The summed E-state index contributed by atoms with van der Waals surface area (Å²) < 4.78 is 9.02. The van der Waals surface area contributed by atoms with Gasteiger partial charge >= 0.3 is 5.69 Å². The Balaban J connectivity index is 1.40. The number of hydrogen-bond donors (Lipinski definition) is 1. The molecule has 29 heavy (non-hydrogen) atoms. The Morgan fingerprint density at radius 2 is 1.93 bits per heavy atom. The molecular formula is C22H22N4O3. The molecule has 1 N–H and O–H groups in total. The largest absolute Gasteiger partial charge is 0.440 e. The molecule has 0 radical (unpaired) electrons. The molecule has 7 nitrogen and oxygen atoms in total. The highest BCUT2D eigenvalue weighted by atomic mass is 16.3. The van der Waals surface area contributed by atoms with Gasteiger partial charge in [0.15, 0.2) is 11.5 Å². The molecule has 7 heteroatoms. The standard InChI is InChI=1S/C22H22N4O3/c1-2-11-25-17-5-3-4-6-18(17)26(22(25)28)13-20(27)23-15-9-10-19-16(12-15)24-21(29-19)14-7-8-14/h3-6,9-10,12,14H,2,7-8,11,13H2,1H3,(H,23,27). The Morgan fingerprint density at radius 1 is 1.17 bits per heavy atom. The van der Waals surface area contributed by atoms with Crippen molar-refractivity contribution in [1.29, 1.82) is 0 Å². The van der Waals surface area contributed by atoms with Crippen LogP contribution >= 0.6 is 0 Å². The number of para-hydroxylation sites is 2. The molecule has 0 saturated heterocycles. The van der Waals surface area contributed by atoms with Gasteiger partial charge in [-0.3, -0.25) is 13.9 Å². The van der Waals surface area contributed by atoms with Gasteiger partial charge in [-0.2, -0.15) is 0 Å². The normalized spacial score (nSPS) is 14.0. The van der Waals surface area contributed by atoms with Crippen molar-refractivity contribution in [3.8, 4) is 0 Å². The number of benzene rings is 2. The van der Waals surface area contributed by atoms with Gasteiger partial charge in [0.25, 0.3) is 0 Å². The SMILES string of the molecule is CCCn1c(=O)n(CC(=O)Nc2ccc3oc(C4CC4)nc3c2)c2ccccc21. The minimum Gasteiger partial charge on any atom is -0.440 e. The minimum atomic E-state index is -0.253. The van der Waals surface area contributed by atoms with E-state index in [9.17, 15) is 9.59 Å². The van der Waals surface area contributed by atoms with Gasteiger partial charge in [-0.05, 0) is 49.6 Å². The van der Waals surface area contributed by atoms with E-state index in [2.05, 4.69) is 10.3 Å². The predicted octanol–water partition coefficient (Wildman–Crippen LogP) is 3.87. The summed E-state index contributed by atoms with van der Waals surface area (Å²) in [4.78, 5) is 30.0. The highest BCUT2D eigenvalue weighted by Crippen LogP contribution is 2.40. The lowest BCUT2D eigenvalue weighted by Gasteiger charge is -2.06. The minimum absolute atomic E-state index is 0.0414. The van der Waals surface area contributed by atoms with E-state index in [1.54, 1.807) is 10.6 Å². The molecule has 1 amide bonds. The van der Waals surface area contributed by atoms with Crippen LogP contribution in [0.25, 0.3) is 22.1 Å². The zero-order chi connectivity index (χ0) is 20.0. The molecule has 1 aliphatic rings. The maximum atomic E-state index is 12.8. The summed E-state index contributed by atoms with van der Waals surface area (Å²) in [7, 11) is 0. The number of aromatic nitrogens is 3. The van der Waals surface area contributed by atoms with Crippen LogP contribution in [0.2, 0.25) is 0 Å². The number of nitrogens with zero attached hydrogens (tertiary/aromatic N) is 3. The van der Waals surface area contributed by atoms with Crippen molar-refractivity contribution in [2.45, 2.75) is 45.2 Å². The van der Waals surface area contributed by atoms with Crippen molar-refractivity contribution in [3.05, 3.63) is 58.8 Å². The number of imidazole rings is 1. The first-order valence-corrected chi connectivity index (χ1v) is 10.0. The molecule has 1 fully saturated rings. The summed E-state index contributed by atoms with van der Waals surface area (Å²) in [6.07, 6.45) is 3.09. The number of carbonyl (C=O) groups is 1. The fourth-order valence-corrected chi connectivity index (χ4v) is 3.74. The van der Waals surface area contributed by atoms with Crippen molar-refractivity contribution in [1.82, 2.24) is 14.1 Å². The first-order chi connectivity index (χ1) is 14.1. The third-order valence-corrected chi connectivity index (χ3v) is 5.29. The predicted molar refractivity (Wildman–Crippen MR) is 111 cm³/mol. The van der Waals surface area contributed by atoms with Gasteiger partial charge in [-0.1, -0.05) is 19.1 Å². The van der Waals surface area contributed by atoms with Crippen LogP contribution in [0.5, 0.6) is 0 Å². The fraction of sp³-hybridized carbons (Fsp3) is 0.318. The molecule has 0 bridgehead atoms. The maximum absolute atomic E-state index is 12.8. The van der Waals surface area contributed by atoms with Crippen LogP contribution in [0.4, 0.5) is 5.69 Å². The molecular weight excluding hydrogens is 368 g/mol. The van der Waals surface area contributed by atoms with Gasteiger partial charge in [0, 0.05) is 18.2 Å². The second-order valence-electron chi connectivity index (χ2n) is 7.57. The average Bonchev–Trinajstić information content (AvgIpc) is 3.44. The summed E-state index contributed by atoms with van der Waals surface area (Å²) in [5.74, 6) is 0.961. The molecule has 1 saturated carbocycles. The summed E-state index contributed by atoms with van der Waals surface area (Å²) in [6.45, 7) is 2.61. The monoisotopic (exact) mass is 390 g/mol. The quantitative estimate of drug-likeness (QED) is 0.542. The lowest BCUT2D eigenvalue weighted by molar-refractivity contribution is -0.116. The van der Waals surface area contributed by atoms with Crippen LogP contribution in [-0.2, 0) is 17.9 Å². The van der Waals surface area contributed by atoms with E-state index in [4.69, 9.17) is 4.42 Å². The highest BCUT2D eigenvalue weighted by molar-refractivity contribution is 5.93. The number of amides is 1. The lowest BCUT2D eigenvalue weighted by atomic mass is 10.3. The van der Waals surface area contributed by atoms with Crippen LogP contribution in [0.1, 0.15) is 38.0 Å². The van der Waals surface area contributed by atoms with E-state index in [1.165, 1.54) is 4.57 Å². The molecule has 2 aromatic carbocycles. The Kier molecular flexibility index (Phi) is 4.23. The van der Waals surface area contributed by atoms with E-state index in [1.807, 2.05) is 43.3 Å². The van der Waals surface area contributed by atoms with E-state index in [0.29, 0.717) is 18.2 Å². The van der Waals surface area contributed by atoms with Crippen molar-refractivity contribution in [3.63, 3.8) is 0 Å². The van der Waals surface area contributed by atoms with Crippen LogP contribution in [-0.4, -0.2) is 20.0 Å². The molecule has 5 rings (SSSR count). The third kappa shape index (κ3) is 3.22. The van der Waals surface area contributed by atoms with Crippen LogP contribution in [0.15, 0.2) is 51.7 Å². The molecule has 0 spiro atoms. The molecule has 2 aromatic heterocycles. The van der Waals surface area contributed by atoms with Gasteiger partial charge < -0.3 is 9.73 Å². The van der Waals surface area contributed by atoms with Crippen molar-refractivity contribution >= 4 is 33.7 Å². The van der Waals surface area contributed by atoms with Gasteiger partial charge in [0.1, 0.15) is 12.1 Å². The zero-order valence-corrected chi connectivity index (χ0v) is 16.2. The zero-order valence-electron chi connectivity index (χ0n) is 16.2. The molecule has 0 aliphatic heterocycles. The van der Waals surface area contributed by atoms with E-state index in [-0.39, 0.29) is 18.1 Å². The smallest absolute Gasteiger partial charge is 0.329 e. The number of fused-ring (bicyclic) bond motifs is 2. The number of aryl methyl sites for hydroxylation is 1. The number of oxazole rings is 1. The van der Waals surface area contributed by atoms with E-state index < -0.39 is 0 Å². The fourth-order valence-electron chi connectivity index (χ4n) is 3.74. The highest BCUT2D eigenvalue weighted by Gasteiger charge is 2.28. The Bertz CT molecular complexity index is 1280.